The Balaban J connectivity index is -0.000000143. The van der Waals surface area contributed by atoms with Crippen molar-refractivity contribution >= 4 is 39.0 Å². The van der Waals surface area contributed by atoms with Gasteiger partial charge in [-0.3, -0.25) is 0 Å². The van der Waals surface area contributed by atoms with Crippen molar-refractivity contribution in [1.29, 1.82) is 0 Å². The minimum Gasteiger partial charge on any atom is 2.00 e. The minimum absolute atomic E-state index is 0. The van der Waals surface area contributed by atoms with Crippen LogP contribution in [0.15, 0.2) is 0 Å². The van der Waals surface area contributed by atoms with Crippen molar-refractivity contribution in [2.45, 2.75) is 13.8 Å². The third-order valence-corrected chi connectivity index (χ3v) is 2.99. The Morgan fingerprint density at radius 1 is 0.923 bits per heavy atom. The van der Waals surface area contributed by atoms with Crippen molar-refractivity contribution in [3.05, 3.63) is 0 Å². The van der Waals surface area contributed by atoms with Crippen LogP contribution in [0.3, 0.4) is 0 Å². The predicted molar refractivity (Wildman–Crippen MR) is 37.0 cm³/mol. The van der Waals surface area contributed by atoms with Crippen LogP contribution >= 0.6 is 0 Å². The van der Waals surface area contributed by atoms with Crippen LogP contribution in [0.2, 0.25) is 0 Å². The first-order chi connectivity index (χ1) is 5.29. The molecule has 2 unspecified atom stereocenters. The van der Waals surface area contributed by atoms with E-state index >= 15 is 0 Å². The molecule has 1 radical (unpaired) electrons. The van der Waals surface area contributed by atoms with Crippen molar-refractivity contribution in [2.24, 2.45) is 0 Å². The van der Waals surface area contributed by atoms with Gasteiger partial charge < -0.3 is 0 Å². The summed E-state index contributed by atoms with van der Waals surface area (Å²) in [5, 5.41) is 0. The summed E-state index contributed by atoms with van der Waals surface area (Å²) >= 11 is -7.20. The first-order valence-corrected chi connectivity index (χ1v) is 8.25. The molecule has 0 amide bonds. The summed E-state index contributed by atoms with van der Waals surface area (Å²) in [5.41, 5.74) is 0. The standard InChI is InChI=1S/2C2H5AsO3.Cu/c2*1-2(4)3(5)6;/h2*3H,1H3,(H,5,6);/q;;+2/p-2. The average Bonchev–Trinajstić information content (AvgIpc) is 1.88. The van der Waals surface area contributed by atoms with Gasteiger partial charge in [0.05, 0.1) is 0 Å². The molecule has 0 saturated heterocycles. The van der Waals surface area contributed by atoms with Gasteiger partial charge in [-0.2, -0.15) is 0 Å². The van der Waals surface area contributed by atoms with E-state index in [4.69, 9.17) is 0 Å². The maximum Gasteiger partial charge on any atom is 2.00 e. The summed E-state index contributed by atoms with van der Waals surface area (Å²) in [4.78, 5) is 19.2. The SMILES string of the molecule is CC(=O)[AsH](=O)[O-].CC(=O)[AsH](=O)[O-].[Cu+2]. The number of rotatable bonds is 2. The van der Waals surface area contributed by atoms with Gasteiger partial charge in [0.1, 0.15) is 0 Å². The van der Waals surface area contributed by atoms with E-state index in [1.807, 2.05) is 0 Å². The average molecular weight is 365 g/mol. The smallest absolute Gasteiger partial charge is 2.00 e. The molecule has 0 aromatic rings. The summed E-state index contributed by atoms with van der Waals surface area (Å²) in [6.45, 7) is 2.10. The largest absolute Gasteiger partial charge is 2.00 e. The molecular weight excluding hydrogens is 357 g/mol. The fourth-order valence-electron chi connectivity index (χ4n) is 0. The zero-order chi connectivity index (χ0) is 10.3. The van der Waals surface area contributed by atoms with E-state index in [1.165, 1.54) is 0 Å². The maximum atomic E-state index is 9.59. The second-order valence-electron chi connectivity index (χ2n) is 1.69. The van der Waals surface area contributed by atoms with E-state index in [9.17, 15) is 25.3 Å². The van der Waals surface area contributed by atoms with Gasteiger partial charge >= 0.3 is 95.2 Å². The minimum atomic E-state index is -3.60. The molecule has 0 spiro atoms. The van der Waals surface area contributed by atoms with Crippen LogP contribution in [0.5, 0.6) is 0 Å². The van der Waals surface area contributed by atoms with Crippen molar-refractivity contribution in [1.82, 2.24) is 0 Å². The van der Waals surface area contributed by atoms with E-state index in [0.717, 1.165) is 13.8 Å². The number of hydrogen-bond acceptors (Lipinski definition) is 6. The third-order valence-electron chi connectivity index (χ3n) is 0.575. The third kappa shape index (κ3) is 19.1. The molecule has 6 nitrogen and oxygen atoms in total. The van der Waals surface area contributed by atoms with Gasteiger partial charge in [-0.05, 0) is 0 Å². The maximum absolute atomic E-state index is 9.59. The fourth-order valence-corrected chi connectivity index (χ4v) is 0. The molecule has 0 aromatic carbocycles. The van der Waals surface area contributed by atoms with Crippen LogP contribution in [-0.2, 0) is 34.1 Å². The molecule has 0 aliphatic rings. The van der Waals surface area contributed by atoms with E-state index in [1.54, 1.807) is 0 Å². The van der Waals surface area contributed by atoms with Crippen LogP contribution < -0.4 is 8.19 Å². The molecule has 0 aromatic heterocycles. The van der Waals surface area contributed by atoms with Crippen LogP contribution in [0.4, 0.5) is 0 Å². The van der Waals surface area contributed by atoms with Crippen molar-refractivity contribution in [3.63, 3.8) is 0 Å². The summed E-state index contributed by atoms with van der Waals surface area (Å²) in [6.07, 6.45) is 0. The number of hydrogen-bond donors (Lipinski definition) is 0. The monoisotopic (exact) mass is 365 g/mol. The molecule has 0 aliphatic carbocycles. The van der Waals surface area contributed by atoms with Crippen molar-refractivity contribution in [3.8, 4) is 0 Å². The van der Waals surface area contributed by atoms with Crippen LogP contribution in [0.1, 0.15) is 13.8 Å². The first kappa shape index (κ1) is 19.1. The molecule has 9 heteroatoms. The Labute approximate surface area is 94.8 Å². The number of carbonyl (C=O) groups excluding carboxylic acids is 2. The van der Waals surface area contributed by atoms with Gasteiger partial charge in [-0.25, -0.2) is 0 Å². The molecule has 0 saturated carbocycles. The van der Waals surface area contributed by atoms with Gasteiger partial charge in [0, 0.05) is 0 Å². The Hall–Kier alpha value is 0.496. The zero-order valence-corrected chi connectivity index (χ0v) is 11.9. The van der Waals surface area contributed by atoms with Crippen LogP contribution in [0.25, 0.3) is 0 Å². The topological polar surface area (TPSA) is 114 Å². The normalized spacial score (nSPS) is 12.6. The van der Waals surface area contributed by atoms with Crippen molar-refractivity contribution in [2.75, 3.05) is 0 Å². The molecule has 13 heavy (non-hydrogen) atoms. The molecule has 81 valence electrons. The van der Waals surface area contributed by atoms with Gasteiger partial charge in [0.15, 0.2) is 0 Å². The molecule has 0 heterocycles. The molecule has 2 atom stereocenters. The zero-order valence-electron chi connectivity index (χ0n) is 6.75. The van der Waals surface area contributed by atoms with Crippen LogP contribution in [-0.4, -0.2) is 39.0 Å². The summed E-state index contributed by atoms with van der Waals surface area (Å²) in [7, 11) is 0. The Morgan fingerprint density at radius 2 is 1.00 bits per heavy atom. The van der Waals surface area contributed by atoms with E-state index in [0.29, 0.717) is 0 Å². The van der Waals surface area contributed by atoms with Crippen LogP contribution in [0, 0.1) is 0 Å². The van der Waals surface area contributed by atoms with Gasteiger partial charge in [-0.15, -0.1) is 0 Å². The summed E-state index contributed by atoms with van der Waals surface area (Å²) in [6, 6.07) is 0. The molecule has 0 N–H and O–H groups in total. The predicted octanol–water partition coefficient (Wildman–Crippen LogP) is -3.75. The van der Waals surface area contributed by atoms with Gasteiger partial charge in [0.2, 0.25) is 0 Å². The fraction of sp³-hybridized carbons (Fsp3) is 0.500. The molecule has 0 aliphatic heterocycles. The summed E-state index contributed by atoms with van der Waals surface area (Å²) in [5.74, 6) is 0. The van der Waals surface area contributed by atoms with E-state index in [-0.39, 0.29) is 17.1 Å². The quantitative estimate of drug-likeness (QED) is 0.465. The second kappa shape index (κ2) is 10.6. The van der Waals surface area contributed by atoms with Gasteiger partial charge in [-0.1, -0.05) is 0 Å². The Kier molecular flexibility index (Phi) is 15.6. The molecule has 0 bridgehead atoms. The van der Waals surface area contributed by atoms with Gasteiger partial charge in [0.25, 0.3) is 0 Å². The Morgan fingerprint density at radius 3 is 1.00 bits per heavy atom. The molecule has 0 fully saturated rings. The van der Waals surface area contributed by atoms with Crippen molar-refractivity contribution < 1.29 is 42.3 Å². The number of carbonyl (C=O) groups is 2. The first-order valence-electron chi connectivity index (χ1n) is 2.72. The Bertz CT molecular complexity index is 179. The molecular formula is C4H8As2CuO6. The molecule has 0 rings (SSSR count). The van der Waals surface area contributed by atoms with E-state index < -0.39 is 39.0 Å². The second-order valence-corrected chi connectivity index (χ2v) is 7.05. The van der Waals surface area contributed by atoms with E-state index in [2.05, 4.69) is 0 Å². The summed E-state index contributed by atoms with van der Waals surface area (Å²) < 4.78 is 36.6.